The van der Waals surface area contributed by atoms with Crippen LogP contribution in [0.5, 0.6) is 5.88 Å². The van der Waals surface area contributed by atoms with Crippen LogP contribution in [0.2, 0.25) is 0 Å². The summed E-state index contributed by atoms with van der Waals surface area (Å²) in [5, 5.41) is 0. The first-order valence-corrected chi connectivity index (χ1v) is 6.75. The molecule has 0 aromatic carbocycles. The van der Waals surface area contributed by atoms with E-state index in [9.17, 15) is 4.79 Å². The number of aromatic nitrogens is 1. The number of carbonyl (C=O) groups is 1. The van der Waals surface area contributed by atoms with Gasteiger partial charge in [0.15, 0.2) is 0 Å². The summed E-state index contributed by atoms with van der Waals surface area (Å²) in [4.78, 5) is 17.4. The van der Waals surface area contributed by atoms with E-state index in [1.54, 1.807) is 12.1 Å². The number of pyridine rings is 1. The molecule has 0 saturated carbocycles. The zero-order chi connectivity index (χ0) is 15.3. The fourth-order valence-corrected chi connectivity index (χ4v) is 1.66. The highest BCUT2D eigenvalue weighted by Gasteiger charge is 2.16. The lowest BCUT2D eigenvalue weighted by Crippen LogP contribution is -2.39. The van der Waals surface area contributed by atoms with Crippen molar-refractivity contribution >= 4 is 17.4 Å². The van der Waals surface area contributed by atoms with Crippen LogP contribution >= 0.6 is 0 Å². The Morgan fingerprint density at radius 2 is 2.00 bits per heavy atom. The molecule has 0 aliphatic rings. The summed E-state index contributed by atoms with van der Waals surface area (Å²) in [6.07, 6.45) is 0. The third-order valence-electron chi connectivity index (χ3n) is 2.67. The Labute approximate surface area is 120 Å². The van der Waals surface area contributed by atoms with Crippen molar-refractivity contribution in [2.24, 2.45) is 11.7 Å². The summed E-state index contributed by atoms with van der Waals surface area (Å²) < 4.78 is 5.59. The lowest BCUT2D eigenvalue weighted by atomic mass is 10.2. The van der Waals surface area contributed by atoms with Gasteiger partial charge in [0.1, 0.15) is 5.82 Å². The Bertz CT molecular complexity index is 460. The molecule has 0 radical (unpaired) electrons. The Morgan fingerprint density at radius 1 is 1.35 bits per heavy atom. The molecule has 1 heterocycles. The number of primary amides is 1. The van der Waals surface area contributed by atoms with E-state index in [-0.39, 0.29) is 12.6 Å². The normalized spacial score (nSPS) is 10.9. The summed E-state index contributed by atoms with van der Waals surface area (Å²) >= 11 is 0. The summed E-state index contributed by atoms with van der Waals surface area (Å²) in [6, 6.07) is 3.59. The number of rotatable bonds is 7. The molecule has 0 fully saturated rings. The fourth-order valence-electron chi connectivity index (χ4n) is 1.66. The van der Waals surface area contributed by atoms with Crippen LogP contribution in [-0.2, 0) is 4.79 Å². The van der Waals surface area contributed by atoms with Crippen molar-refractivity contribution in [3.8, 4) is 5.88 Å². The second kappa shape index (κ2) is 6.98. The van der Waals surface area contributed by atoms with Crippen LogP contribution < -0.4 is 21.1 Å². The molecule has 0 spiro atoms. The highest BCUT2D eigenvalue weighted by Crippen LogP contribution is 2.24. The third kappa shape index (κ3) is 4.60. The zero-order valence-electron chi connectivity index (χ0n) is 12.6. The van der Waals surface area contributed by atoms with E-state index >= 15 is 0 Å². The van der Waals surface area contributed by atoms with E-state index in [2.05, 4.69) is 4.98 Å². The molecule has 4 N–H and O–H groups in total. The number of amides is 1. The molecule has 1 aromatic heterocycles. The van der Waals surface area contributed by atoms with Crippen molar-refractivity contribution in [3.63, 3.8) is 0 Å². The van der Waals surface area contributed by atoms with Gasteiger partial charge in [-0.3, -0.25) is 4.79 Å². The van der Waals surface area contributed by atoms with Crippen LogP contribution in [0.1, 0.15) is 27.7 Å². The van der Waals surface area contributed by atoms with E-state index in [1.807, 2.05) is 32.6 Å². The Kier molecular flexibility index (Phi) is 5.61. The quantitative estimate of drug-likeness (QED) is 0.787. The topological polar surface area (TPSA) is 94.5 Å². The summed E-state index contributed by atoms with van der Waals surface area (Å²) in [7, 11) is 0. The molecule has 20 heavy (non-hydrogen) atoms. The van der Waals surface area contributed by atoms with Crippen molar-refractivity contribution in [2.45, 2.75) is 33.7 Å². The summed E-state index contributed by atoms with van der Waals surface area (Å²) in [5.41, 5.74) is 11.6. The van der Waals surface area contributed by atoms with Crippen LogP contribution in [0.3, 0.4) is 0 Å². The molecule has 0 saturated heterocycles. The maximum atomic E-state index is 11.2. The molecule has 1 aromatic rings. The van der Waals surface area contributed by atoms with Crippen molar-refractivity contribution in [1.82, 2.24) is 4.98 Å². The van der Waals surface area contributed by atoms with Crippen molar-refractivity contribution in [3.05, 3.63) is 12.1 Å². The van der Waals surface area contributed by atoms with E-state index in [4.69, 9.17) is 16.2 Å². The monoisotopic (exact) mass is 280 g/mol. The van der Waals surface area contributed by atoms with Crippen LogP contribution in [0.15, 0.2) is 12.1 Å². The van der Waals surface area contributed by atoms with Gasteiger partial charge in [0.2, 0.25) is 11.8 Å². The molecule has 0 aliphatic carbocycles. The van der Waals surface area contributed by atoms with Gasteiger partial charge in [-0.05, 0) is 31.9 Å². The number of carbonyl (C=O) groups excluding carboxylic acids is 1. The Morgan fingerprint density at radius 3 is 2.50 bits per heavy atom. The predicted octanol–water partition coefficient (Wildman–Crippen LogP) is 1.40. The first-order valence-electron chi connectivity index (χ1n) is 6.75. The minimum absolute atomic E-state index is 0.0940. The first kappa shape index (κ1) is 16.1. The summed E-state index contributed by atoms with van der Waals surface area (Å²) in [6.45, 7) is 8.68. The third-order valence-corrected chi connectivity index (χ3v) is 2.67. The molecule has 1 amide bonds. The van der Waals surface area contributed by atoms with E-state index < -0.39 is 5.91 Å². The zero-order valence-corrected chi connectivity index (χ0v) is 12.6. The van der Waals surface area contributed by atoms with Crippen LogP contribution in [0.4, 0.5) is 11.5 Å². The van der Waals surface area contributed by atoms with E-state index in [1.165, 1.54) is 0 Å². The minimum atomic E-state index is -0.401. The van der Waals surface area contributed by atoms with Gasteiger partial charge in [-0.25, -0.2) is 0 Å². The Balaban J connectivity index is 2.98. The number of nitrogens with zero attached hydrogens (tertiary/aromatic N) is 2. The molecule has 0 aliphatic heterocycles. The molecule has 112 valence electrons. The standard InChI is InChI=1S/C14H24N4O2/c1-9(2)8-20-14-11(15)5-6-13(17-14)18(10(3)4)7-12(16)19/h5-6,9-10H,7-8,15H2,1-4H3,(H2,16,19). The minimum Gasteiger partial charge on any atom is -0.476 e. The average molecular weight is 280 g/mol. The van der Waals surface area contributed by atoms with Crippen molar-refractivity contribution in [1.29, 1.82) is 0 Å². The highest BCUT2D eigenvalue weighted by atomic mass is 16.5. The average Bonchev–Trinajstić information content (AvgIpc) is 2.34. The molecule has 0 unspecified atom stereocenters. The number of hydrogen-bond acceptors (Lipinski definition) is 5. The fraction of sp³-hybridized carbons (Fsp3) is 0.571. The number of hydrogen-bond donors (Lipinski definition) is 2. The lowest BCUT2D eigenvalue weighted by Gasteiger charge is -2.27. The molecular weight excluding hydrogens is 256 g/mol. The Hall–Kier alpha value is -1.98. The molecule has 6 nitrogen and oxygen atoms in total. The maximum Gasteiger partial charge on any atom is 0.239 e. The van der Waals surface area contributed by atoms with Crippen LogP contribution in [-0.4, -0.2) is 30.1 Å². The van der Waals surface area contributed by atoms with Crippen LogP contribution in [0, 0.1) is 5.92 Å². The van der Waals surface area contributed by atoms with Gasteiger partial charge < -0.3 is 21.1 Å². The first-order chi connectivity index (χ1) is 9.31. The van der Waals surface area contributed by atoms with Gasteiger partial charge in [0.05, 0.1) is 18.8 Å². The van der Waals surface area contributed by atoms with Crippen molar-refractivity contribution in [2.75, 3.05) is 23.8 Å². The highest BCUT2D eigenvalue weighted by molar-refractivity contribution is 5.79. The number of nitrogen functional groups attached to an aromatic ring is 1. The van der Waals surface area contributed by atoms with Gasteiger partial charge in [0, 0.05) is 6.04 Å². The second-order valence-corrected chi connectivity index (χ2v) is 5.46. The molecule has 0 atom stereocenters. The van der Waals surface area contributed by atoms with Gasteiger partial charge >= 0.3 is 0 Å². The van der Waals surface area contributed by atoms with Gasteiger partial charge in [-0.2, -0.15) is 4.98 Å². The molecule has 1 rings (SSSR count). The van der Waals surface area contributed by atoms with Gasteiger partial charge in [-0.1, -0.05) is 13.8 Å². The second-order valence-electron chi connectivity index (χ2n) is 5.46. The van der Waals surface area contributed by atoms with Crippen LogP contribution in [0.25, 0.3) is 0 Å². The van der Waals surface area contributed by atoms with E-state index in [0.29, 0.717) is 29.9 Å². The van der Waals surface area contributed by atoms with E-state index in [0.717, 1.165) is 0 Å². The smallest absolute Gasteiger partial charge is 0.239 e. The predicted molar refractivity (Wildman–Crippen MR) is 80.7 cm³/mol. The maximum absolute atomic E-state index is 11.2. The molecular formula is C14H24N4O2. The van der Waals surface area contributed by atoms with Gasteiger partial charge in [-0.15, -0.1) is 0 Å². The summed E-state index contributed by atoms with van der Waals surface area (Å²) in [5.74, 6) is 1.01. The number of anilines is 2. The van der Waals surface area contributed by atoms with Crippen molar-refractivity contribution < 1.29 is 9.53 Å². The SMILES string of the molecule is CC(C)COc1nc(N(CC(N)=O)C(C)C)ccc1N. The molecule has 6 heteroatoms. The number of ether oxygens (including phenoxy) is 1. The number of nitrogens with two attached hydrogens (primary N) is 2. The molecule has 0 bridgehead atoms. The largest absolute Gasteiger partial charge is 0.476 e. The van der Waals surface area contributed by atoms with Gasteiger partial charge in [0.25, 0.3) is 0 Å². The lowest BCUT2D eigenvalue weighted by molar-refractivity contribution is -0.116.